The van der Waals surface area contributed by atoms with Crippen LogP contribution in [0.25, 0.3) is 0 Å². The Bertz CT molecular complexity index is 1300. The molecule has 0 bridgehead atoms. The number of halogens is 1. The fourth-order valence-electron chi connectivity index (χ4n) is 6.27. The van der Waals surface area contributed by atoms with Gasteiger partial charge in [-0.3, -0.25) is 14.6 Å². The number of ether oxygens (including phenoxy) is 2. The number of hydrogen-bond donors (Lipinski definition) is 2. The Balaban J connectivity index is 1.03. The number of piperidine rings is 1. The van der Waals surface area contributed by atoms with Crippen LogP contribution in [-0.2, 0) is 24.3 Å². The fraction of sp³-hybridized carbons (Fsp3) is 0.424. The summed E-state index contributed by atoms with van der Waals surface area (Å²) in [5, 5.41) is 7.86. The van der Waals surface area contributed by atoms with E-state index in [2.05, 4.69) is 62.9 Å². The van der Waals surface area contributed by atoms with Crippen LogP contribution in [0.4, 0.5) is 0 Å². The molecule has 0 aromatic heterocycles. The van der Waals surface area contributed by atoms with Crippen LogP contribution in [0.1, 0.15) is 36.0 Å². The molecule has 1 amide bonds. The van der Waals surface area contributed by atoms with Crippen LogP contribution >= 0.6 is 11.6 Å². The Morgan fingerprint density at radius 2 is 1.59 bits per heavy atom. The van der Waals surface area contributed by atoms with Crippen molar-refractivity contribution in [3.63, 3.8) is 0 Å². The largest absolute Gasteiger partial charge is 0.454 e. The highest BCUT2D eigenvalue weighted by Gasteiger charge is 2.37. The van der Waals surface area contributed by atoms with Crippen LogP contribution < -0.4 is 20.1 Å². The van der Waals surface area contributed by atoms with Gasteiger partial charge in [-0.2, -0.15) is 0 Å². The Labute approximate surface area is 247 Å². The number of rotatable bonds is 10. The average Bonchev–Trinajstić information content (AvgIpc) is 3.62. The Kier molecular flexibility index (Phi) is 9.06. The molecule has 8 heteroatoms. The second-order valence-corrected chi connectivity index (χ2v) is 11.9. The molecule has 41 heavy (non-hydrogen) atoms. The summed E-state index contributed by atoms with van der Waals surface area (Å²) in [5.74, 6) is 1.65. The van der Waals surface area contributed by atoms with Crippen molar-refractivity contribution in [2.45, 2.75) is 56.9 Å². The van der Waals surface area contributed by atoms with Gasteiger partial charge in [-0.1, -0.05) is 60.1 Å². The summed E-state index contributed by atoms with van der Waals surface area (Å²) in [5.41, 5.74) is 3.67. The quantitative estimate of drug-likeness (QED) is 0.368. The maximum Gasteiger partial charge on any atom is 0.237 e. The van der Waals surface area contributed by atoms with Crippen LogP contribution in [0.15, 0.2) is 72.8 Å². The first-order valence-corrected chi connectivity index (χ1v) is 15.1. The van der Waals surface area contributed by atoms with Crippen LogP contribution in [-0.4, -0.2) is 66.8 Å². The first kappa shape index (κ1) is 28.0. The summed E-state index contributed by atoms with van der Waals surface area (Å²) in [6.07, 6.45) is 3.82. The summed E-state index contributed by atoms with van der Waals surface area (Å²) < 4.78 is 10.9. The molecule has 3 aromatic carbocycles. The number of hydrogen-bond acceptors (Lipinski definition) is 6. The van der Waals surface area contributed by atoms with E-state index in [-0.39, 0.29) is 24.8 Å². The lowest BCUT2D eigenvalue weighted by Crippen LogP contribution is -2.46. The Hall–Kier alpha value is -3.10. The van der Waals surface area contributed by atoms with E-state index in [1.807, 2.05) is 30.3 Å². The van der Waals surface area contributed by atoms with Gasteiger partial charge in [-0.15, -0.1) is 0 Å². The maximum absolute atomic E-state index is 13.5. The van der Waals surface area contributed by atoms with E-state index in [9.17, 15) is 4.79 Å². The van der Waals surface area contributed by atoms with E-state index in [4.69, 9.17) is 21.1 Å². The molecule has 2 saturated heterocycles. The van der Waals surface area contributed by atoms with E-state index >= 15 is 0 Å². The number of fused-ring (bicyclic) bond motifs is 1. The van der Waals surface area contributed by atoms with Gasteiger partial charge in [-0.25, -0.2) is 0 Å². The summed E-state index contributed by atoms with van der Waals surface area (Å²) in [6, 6.07) is 25.3. The number of likely N-dealkylation sites (tertiary alicyclic amines) is 2. The predicted octanol–water partition coefficient (Wildman–Crippen LogP) is 4.62. The van der Waals surface area contributed by atoms with Crippen LogP contribution in [0.5, 0.6) is 11.5 Å². The molecule has 3 aliphatic rings. The van der Waals surface area contributed by atoms with E-state index in [1.54, 1.807) is 0 Å². The fourth-order valence-corrected chi connectivity index (χ4v) is 6.40. The molecule has 0 radical (unpaired) electrons. The molecule has 0 aliphatic carbocycles. The van der Waals surface area contributed by atoms with E-state index in [0.717, 1.165) is 80.5 Å². The minimum atomic E-state index is -0.168. The van der Waals surface area contributed by atoms with Gasteiger partial charge in [0.05, 0.1) is 6.04 Å². The summed E-state index contributed by atoms with van der Waals surface area (Å²) in [4.78, 5) is 18.3. The molecule has 2 fully saturated rings. The highest BCUT2D eigenvalue weighted by Crippen LogP contribution is 2.32. The monoisotopic (exact) mass is 574 g/mol. The van der Waals surface area contributed by atoms with Crippen LogP contribution in [0.3, 0.4) is 0 Å². The highest BCUT2D eigenvalue weighted by molar-refractivity contribution is 6.30. The molecule has 2 atom stereocenters. The van der Waals surface area contributed by atoms with Gasteiger partial charge in [0.2, 0.25) is 12.7 Å². The van der Waals surface area contributed by atoms with Crippen molar-refractivity contribution >= 4 is 17.5 Å². The predicted molar refractivity (Wildman–Crippen MR) is 161 cm³/mol. The topological polar surface area (TPSA) is 66.1 Å². The molecule has 7 nitrogen and oxygen atoms in total. The number of benzene rings is 3. The number of nitrogens with one attached hydrogen (secondary N) is 2. The molecule has 0 saturated carbocycles. The van der Waals surface area contributed by atoms with Gasteiger partial charge < -0.3 is 20.1 Å². The van der Waals surface area contributed by atoms with Gasteiger partial charge in [0.15, 0.2) is 11.5 Å². The van der Waals surface area contributed by atoms with Gasteiger partial charge in [0.1, 0.15) is 0 Å². The average molecular weight is 575 g/mol. The van der Waals surface area contributed by atoms with E-state index < -0.39 is 0 Å². The molecule has 3 aliphatic heterocycles. The zero-order chi connectivity index (χ0) is 28.0. The van der Waals surface area contributed by atoms with Gasteiger partial charge in [0.25, 0.3) is 0 Å². The van der Waals surface area contributed by atoms with Crippen molar-refractivity contribution in [2.24, 2.45) is 0 Å². The molecule has 0 spiro atoms. The standard InChI is InChI=1S/C33H39ClN4O3/c34-27-9-6-26(7-10-27)21-38-22-29(36-28-13-16-37(17-14-28)20-25-4-2-1-3-5-25)19-30(38)33(39)35-15-12-24-8-11-31-32(18-24)41-23-40-31/h1-11,18,28-30,36H,12-17,19-23H2,(H,35,39)/t29-,30-/m0/s1. The Morgan fingerprint density at radius 3 is 2.39 bits per heavy atom. The second-order valence-electron chi connectivity index (χ2n) is 11.4. The van der Waals surface area contributed by atoms with Crippen molar-refractivity contribution in [3.05, 3.63) is 94.5 Å². The van der Waals surface area contributed by atoms with Crippen LogP contribution in [0, 0.1) is 0 Å². The number of carbonyl (C=O) groups is 1. The smallest absolute Gasteiger partial charge is 0.237 e. The summed E-state index contributed by atoms with van der Waals surface area (Å²) in [7, 11) is 0. The minimum Gasteiger partial charge on any atom is -0.454 e. The second kappa shape index (κ2) is 13.3. The normalized spacial score (nSPS) is 21.3. The molecule has 6 rings (SSSR count). The number of nitrogens with zero attached hydrogens (tertiary/aromatic N) is 2. The van der Waals surface area contributed by atoms with Crippen LogP contribution in [0.2, 0.25) is 5.02 Å². The maximum atomic E-state index is 13.5. The van der Waals surface area contributed by atoms with Crippen molar-refractivity contribution < 1.29 is 14.3 Å². The van der Waals surface area contributed by atoms with Crippen molar-refractivity contribution in [1.82, 2.24) is 20.4 Å². The zero-order valence-corrected chi connectivity index (χ0v) is 24.2. The lowest BCUT2D eigenvalue weighted by molar-refractivity contribution is -0.125. The number of amides is 1. The summed E-state index contributed by atoms with van der Waals surface area (Å²) in [6.45, 7) is 5.64. The van der Waals surface area contributed by atoms with Crippen molar-refractivity contribution in [3.8, 4) is 11.5 Å². The minimum absolute atomic E-state index is 0.0988. The lowest BCUT2D eigenvalue weighted by atomic mass is 10.0. The lowest BCUT2D eigenvalue weighted by Gasteiger charge is -2.34. The highest BCUT2D eigenvalue weighted by atomic mass is 35.5. The SMILES string of the molecule is O=C(NCCc1ccc2c(c1)OCO2)[C@@H]1C[C@H](NC2CCN(Cc3ccccc3)CC2)CN1Cc1ccc(Cl)cc1. The molecule has 0 unspecified atom stereocenters. The first-order valence-electron chi connectivity index (χ1n) is 14.8. The number of carbonyl (C=O) groups excluding carboxylic acids is 1. The first-order chi connectivity index (χ1) is 20.1. The van der Waals surface area contributed by atoms with Crippen molar-refractivity contribution in [1.29, 1.82) is 0 Å². The van der Waals surface area contributed by atoms with Gasteiger partial charge in [-0.05, 0) is 79.7 Å². The van der Waals surface area contributed by atoms with Gasteiger partial charge >= 0.3 is 0 Å². The Morgan fingerprint density at radius 1 is 0.854 bits per heavy atom. The molecule has 3 aromatic rings. The third-order valence-corrected chi connectivity index (χ3v) is 8.71. The molecule has 216 valence electrons. The molecular weight excluding hydrogens is 536 g/mol. The zero-order valence-electron chi connectivity index (χ0n) is 23.4. The molecule has 3 heterocycles. The van der Waals surface area contributed by atoms with Crippen molar-refractivity contribution in [2.75, 3.05) is 33.0 Å². The summed E-state index contributed by atoms with van der Waals surface area (Å²) >= 11 is 6.13. The third-order valence-electron chi connectivity index (χ3n) is 8.46. The molecule has 2 N–H and O–H groups in total. The molecular formula is C33H39ClN4O3. The third kappa shape index (κ3) is 7.41. The van der Waals surface area contributed by atoms with Gasteiger partial charge in [0, 0.05) is 43.3 Å². The van der Waals surface area contributed by atoms with E-state index in [1.165, 1.54) is 11.1 Å². The van der Waals surface area contributed by atoms with E-state index in [0.29, 0.717) is 12.6 Å².